The number of thiophene rings is 1. The Balaban J connectivity index is 1.49. The third kappa shape index (κ3) is 3.53. The van der Waals surface area contributed by atoms with Gasteiger partial charge in [-0.05, 0) is 87.5 Å². The van der Waals surface area contributed by atoms with E-state index >= 15 is 0 Å². The van der Waals surface area contributed by atoms with Crippen molar-refractivity contribution in [1.82, 2.24) is 25.5 Å². The van der Waals surface area contributed by atoms with Crippen molar-refractivity contribution < 1.29 is 0 Å². The molecule has 162 valence electrons. The number of hydrogen-bond donors (Lipinski definition) is 3. The predicted octanol–water partition coefficient (Wildman–Crippen LogP) is 4.27. The molecular weight excluding hydrogens is 414 g/mol. The second kappa shape index (κ2) is 8.19. The molecule has 0 amide bonds. The van der Waals surface area contributed by atoms with Crippen molar-refractivity contribution in [1.29, 1.82) is 0 Å². The number of aryl methyl sites for hydroxylation is 1. The second-order valence-electron chi connectivity index (χ2n) is 8.77. The van der Waals surface area contributed by atoms with Crippen molar-refractivity contribution >= 4 is 34.4 Å². The number of rotatable bonds is 3. The van der Waals surface area contributed by atoms with Gasteiger partial charge in [0, 0.05) is 27.2 Å². The monoisotopic (exact) mass is 441 g/mol. The number of nitrogens with one attached hydrogen (secondary N) is 3. The molecule has 6 heteroatoms. The van der Waals surface area contributed by atoms with E-state index in [9.17, 15) is 0 Å². The zero-order chi connectivity index (χ0) is 21.5. The van der Waals surface area contributed by atoms with Crippen LogP contribution in [-0.2, 0) is 0 Å². The summed E-state index contributed by atoms with van der Waals surface area (Å²) in [4.78, 5) is 10.8. The van der Waals surface area contributed by atoms with Gasteiger partial charge in [0.15, 0.2) is 0 Å². The zero-order valence-corrected chi connectivity index (χ0v) is 19.1. The number of nitrogens with zero attached hydrogens (tertiary/aromatic N) is 2. The molecule has 6 rings (SSSR count). The van der Waals surface area contributed by atoms with E-state index in [4.69, 9.17) is 10.1 Å². The molecule has 0 unspecified atom stereocenters. The van der Waals surface area contributed by atoms with Crippen LogP contribution in [0.5, 0.6) is 0 Å². The Bertz CT molecular complexity index is 1430. The van der Waals surface area contributed by atoms with E-state index in [-0.39, 0.29) is 0 Å². The quantitative estimate of drug-likeness (QED) is 0.445. The maximum atomic E-state index is 4.76. The highest BCUT2D eigenvalue weighted by molar-refractivity contribution is 7.15. The van der Waals surface area contributed by atoms with Crippen LogP contribution in [0.1, 0.15) is 30.6 Å². The molecule has 0 atom stereocenters. The van der Waals surface area contributed by atoms with Crippen LogP contribution in [0.3, 0.4) is 0 Å². The van der Waals surface area contributed by atoms with Gasteiger partial charge in [0.2, 0.25) is 0 Å². The molecule has 1 aliphatic heterocycles. The molecule has 0 spiro atoms. The Labute approximate surface area is 191 Å². The lowest BCUT2D eigenvalue weighted by Gasteiger charge is -2.24. The van der Waals surface area contributed by atoms with Gasteiger partial charge in [0.1, 0.15) is 5.69 Å². The van der Waals surface area contributed by atoms with E-state index in [1.165, 1.54) is 33.4 Å². The van der Waals surface area contributed by atoms with Gasteiger partial charge in [0.05, 0.1) is 21.6 Å². The summed E-state index contributed by atoms with van der Waals surface area (Å²) in [5.41, 5.74) is 5.62. The molecule has 4 aromatic rings. The molecule has 4 aromatic heterocycles. The van der Waals surface area contributed by atoms with Crippen molar-refractivity contribution in [2.45, 2.75) is 32.6 Å². The minimum atomic E-state index is 0.630. The molecule has 0 aromatic carbocycles. The van der Waals surface area contributed by atoms with E-state index < -0.39 is 0 Å². The smallest absolute Gasteiger partial charge is 0.116 e. The van der Waals surface area contributed by atoms with E-state index in [2.05, 4.69) is 64.8 Å². The highest BCUT2D eigenvalue weighted by Gasteiger charge is 2.18. The van der Waals surface area contributed by atoms with Gasteiger partial charge in [-0.2, -0.15) is 5.10 Å². The molecule has 32 heavy (non-hydrogen) atoms. The lowest BCUT2D eigenvalue weighted by Crippen LogP contribution is -2.30. The minimum Gasteiger partial charge on any atom is -0.353 e. The van der Waals surface area contributed by atoms with Crippen LogP contribution in [-0.4, -0.2) is 33.3 Å². The molecule has 3 N–H and O–H groups in total. The molecule has 5 nitrogen and oxygen atoms in total. The second-order valence-corrected chi connectivity index (χ2v) is 10.1. The number of hydrogen-bond acceptors (Lipinski definition) is 4. The fraction of sp³-hybridized carbons (Fsp3) is 0.308. The van der Waals surface area contributed by atoms with Crippen molar-refractivity contribution in [3.05, 3.63) is 57.6 Å². The first-order valence-electron chi connectivity index (χ1n) is 11.5. The number of aromatic nitrogens is 4. The van der Waals surface area contributed by atoms with Crippen molar-refractivity contribution in [3.8, 4) is 22.0 Å². The Hall–Kier alpha value is -2.96. The summed E-state index contributed by atoms with van der Waals surface area (Å²) in [5, 5.41) is 15.0. The first kappa shape index (κ1) is 19.7. The van der Waals surface area contributed by atoms with E-state index in [1.54, 1.807) is 11.3 Å². The summed E-state index contributed by atoms with van der Waals surface area (Å²) < 4.78 is 0. The van der Waals surface area contributed by atoms with E-state index in [0.29, 0.717) is 5.92 Å². The SMILES string of the molecule is Cc1ccc(-c2nccc3[nH]c(-c4n[nH]c5/c4=C\C(C4CCNCC4)=CCC/C=5)cc23)s1. The van der Waals surface area contributed by atoms with Gasteiger partial charge in [-0.25, -0.2) is 0 Å². The van der Waals surface area contributed by atoms with Crippen LogP contribution in [0.25, 0.3) is 45.0 Å². The van der Waals surface area contributed by atoms with Gasteiger partial charge in [-0.3, -0.25) is 10.1 Å². The van der Waals surface area contributed by atoms with Crippen LogP contribution in [0, 0.1) is 12.8 Å². The van der Waals surface area contributed by atoms with E-state index in [1.807, 2.05) is 6.20 Å². The summed E-state index contributed by atoms with van der Waals surface area (Å²) in [6.07, 6.45) is 13.5. The summed E-state index contributed by atoms with van der Waals surface area (Å²) in [7, 11) is 0. The Morgan fingerprint density at radius 3 is 2.75 bits per heavy atom. The number of H-pyrrole nitrogens is 2. The van der Waals surface area contributed by atoms with Crippen LogP contribution in [0.2, 0.25) is 0 Å². The van der Waals surface area contributed by atoms with Crippen LogP contribution in [0.15, 0.2) is 42.1 Å². The van der Waals surface area contributed by atoms with Gasteiger partial charge in [-0.15, -0.1) is 11.3 Å². The van der Waals surface area contributed by atoms with Gasteiger partial charge >= 0.3 is 0 Å². The molecule has 1 saturated heterocycles. The fourth-order valence-corrected chi connectivity index (χ4v) is 5.83. The Morgan fingerprint density at radius 2 is 1.91 bits per heavy atom. The molecule has 1 aliphatic carbocycles. The lowest BCUT2D eigenvalue weighted by atomic mass is 9.88. The highest BCUT2D eigenvalue weighted by atomic mass is 32.1. The molecule has 5 heterocycles. The number of piperidine rings is 1. The molecule has 0 saturated carbocycles. The normalized spacial score (nSPS) is 19.3. The van der Waals surface area contributed by atoms with Crippen molar-refractivity contribution in [2.75, 3.05) is 13.1 Å². The van der Waals surface area contributed by atoms with E-state index in [0.717, 1.165) is 59.3 Å². The lowest BCUT2D eigenvalue weighted by molar-refractivity contribution is 0.427. The fourth-order valence-electron chi connectivity index (χ4n) is 4.95. The number of aromatic amines is 2. The minimum absolute atomic E-state index is 0.630. The van der Waals surface area contributed by atoms with Crippen LogP contribution < -0.4 is 15.9 Å². The Kier molecular flexibility index (Phi) is 5.04. The molecule has 0 radical (unpaired) electrons. The molecule has 0 bridgehead atoms. The predicted molar refractivity (Wildman–Crippen MR) is 133 cm³/mol. The summed E-state index contributed by atoms with van der Waals surface area (Å²) in [6.45, 7) is 4.35. The largest absolute Gasteiger partial charge is 0.353 e. The van der Waals surface area contributed by atoms with Crippen LogP contribution >= 0.6 is 11.3 Å². The Morgan fingerprint density at radius 1 is 1.03 bits per heavy atom. The number of allylic oxidation sites excluding steroid dienone is 2. The third-order valence-corrected chi connectivity index (χ3v) is 7.63. The standard InChI is InChI=1S/C26H27N5S/c1-16-6-7-24(32-16)26-20-15-23(29-21(20)10-13-28-26)25-19-14-18(17-8-11-27-12-9-17)4-2-3-5-22(19)30-31-25/h4-7,10,13-15,17,27,29-30H,2-3,8-9,11-12H2,1H3/b18-4?,19-14+,22-5-. The maximum Gasteiger partial charge on any atom is 0.116 e. The molecule has 1 fully saturated rings. The highest BCUT2D eigenvalue weighted by Crippen LogP contribution is 2.33. The zero-order valence-electron chi connectivity index (χ0n) is 18.2. The average Bonchev–Trinajstić information content (AvgIpc) is 3.52. The third-order valence-electron chi connectivity index (χ3n) is 6.63. The number of fused-ring (bicyclic) bond motifs is 2. The van der Waals surface area contributed by atoms with Crippen molar-refractivity contribution in [2.24, 2.45) is 5.92 Å². The summed E-state index contributed by atoms with van der Waals surface area (Å²) in [5.74, 6) is 0.630. The summed E-state index contributed by atoms with van der Waals surface area (Å²) >= 11 is 1.78. The van der Waals surface area contributed by atoms with Crippen molar-refractivity contribution in [3.63, 3.8) is 0 Å². The number of pyridine rings is 1. The maximum absolute atomic E-state index is 4.76. The summed E-state index contributed by atoms with van der Waals surface area (Å²) in [6, 6.07) is 8.58. The van der Waals surface area contributed by atoms with Gasteiger partial charge < -0.3 is 10.3 Å². The first-order chi connectivity index (χ1) is 15.8. The van der Waals surface area contributed by atoms with Crippen LogP contribution in [0.4, 0.5) is 0 Å². The molecule has 2 aliphatic rings. The molecular formula is C26H27N5S. The topological polar surface area (TPSA) is 69.4 Å². The average molecular weight is 442 g/mol. The van der Waals surface area contributed by atoms with Gasteiger partial charge in [-0.1, -0.05) is 12.2 Å². The first-order valence-corrected chi connectivity index (χ1v) is 12.3. The van der Waals surface area contributed by atoms with Gasteiger partial charge in [0.25, 0.3) is 0 Å².